The van der Waals surface area contributed by atoms with E-state index in [2.05, 4.69) is 46.6 Å². The first-order valence-corrected chi connectivity index (χ1v) is 9.72. The summed E-state index contributed by atoms with van der Waals surface area (Å²) in [5, 5.41) is 9.74. The Hall–Kier alpha value is -1.35. The lowest BCUT2D eigenvalue weighted by Gasteiger charge is -2.35. The summed E-state index contributed by atoms with van der Waals surface area (Å²) in [7, 11) is 0. The van der Waals surface area contributed by atoms with Gasteiger partial charge in [0, 0.05) is 43.8 Å². The Morgan fingerprint density at radius 3 is 2.44 bits per heavy atom. The minimum absolute atomic E-state index is 0. The number of carbonyl (C=O) groups excluding carboxylic acids is 1. The minimum atomic E-state index is -0.0557. The monoisotopic (exact) mass is 487 g/mol. The summed E-state index contributed by atoms with van der Waals surface area (Å²) in [6.07, 6.45) is 2.26. The number of aliphatic imine (C=N–C) groups is 1. The van der Waals surface area contributed by atoms with Gasteiger partial charge in [-0.3, -0.25) is 9.79 Å². The van der Waals surface area contributed by atoms with Crippen LogP contribution in [0.1, 0.15) is 44.0 Å². The molecule has 1 amide bonds. The zero-order valence-electron chi connectivity index (χ0n) is 16.7. The van der Waals surface area contributed by atoms with E-state index < -0.39 is 0 Å². The molecule has 1 aliphatic rings. The topological polar surface area (TPSA) is 68.8 Å². The summed E-state index contributed by atoms with van der Waals surface area (Å²) in [5.41, 5.74) is 0.679. The summed E-state index contributed by atoms with van der Waals surface area (Å²) in [4.78, 5) is 19.1. The molecule has 2 rings (SSSR count). The molecule has 0 unspecified atom stereocenters. The number of piperidine rings is 1. The molecular weight excluding hydrogens is 453 g/mol. The summed E-state index contributed by atoms with van der Waals surface area (Å²) in [6, 6.07) is 10.3. The average molecular weight is 487 g/mol. The van der Waals surface area contributed by atoms with Crippen LogP contribution in [0.15, 0.2) is 35.3 Å². The summed E-state index contributed by atoms with van der Waals surface area (Å²) in [5.74, 6) is 0.782. The molecule has 3 N–H and O–H groups in total. The number of carbonyl (C=O) groups is 1. The molecule has 0 bridgehead atoms. The first-order chi connectivity index (χ1) is 12.6. The zero-order valence-corrected chi connectivity index (χ0v) is 19.0. The van der Waals surface area contributed by atoms with Crippen molar-refractivity contribution in [2.45, 2.75) is 45.7 Å². The van der Waals surface area contributed by atoms with E-state index in [0.717, 1.165) is 38.4 Å². The molecular formula is C20H34IN5O. The molecule has 1 fully saturated rings. The third kappa shape index (κ3) is 8.47. The number of guanidine groups is 1. The Morgan fingerprint density at radius 1 is 1.19 bits per heavy atom. The first-order valence-electron chi connectivity index (χ1n) is 9.72. The molecule has 0 spiro atoms. The molecule has 0 aromatic heterocycles. The van der Waals surface area contributed by atoms with Gasteiger partial charge in [0.05, 0.1) is 6.54 Å². The van der Waals surface area contributed by atoms with Gasteiger partial charge in [0.15, 0.2) is 5.96 Å². The second-order valence-corrected chi connectivity index (χ2v) is 6.93. The molecule has 1 aromatic carbocycles. The lowest BCUT2D eigenvalue weighted by Crippen LogP contribution is -2.50. The van der Waals surface area contributed by atoms with Crippen molar-refractivity contribution in [2.24, 2.45) is 4.99 Å². The third-order valence-electron chi connectivity index (χ3n) is 4.65. The highest BCUT2D eigenvalue weighted by Crippen LogP contribution is 2.12. The molecule has 0 saturated carbocycles. The Balaban J connectivity index is 0.00000364. The molecule has 0 atom stereocenters. The van der Waals surface area contributed by atoms with Gasteiger partial charge in [-0.15, -0.1) is 24.0 Å². The SMILES string of the molecule is CCNC(=NCCNC(=O)c1ccccc1)NC1CCN(C(C)C)CC1.I. The van der Waals surface area contributed by atoms with Crippen LogP contribution in [0.2, 0.25) is 0 Å². The molecule has 0 radical (unpaired) electrons. The molecule has 27 heavy (non-hydrogen) atoms. The van der Waals surface area contributed by atoms with Gasteiger partial charge >= 0.3 is 0 Å². The smallest absolute Gasteiger partial charge is 0.251 e. The molecule has 0 aliphatic carbocycles. The van der Waals surface area contributed by atoms with Crippen LogP contribution in [0, 0.1) is 0 Å². The van der Waals surface area contributed by atoms with E-state index in [-0.39, 0.29) is 29.9 Å². The van der Waals surface area contributed by atoms with Crippen molar-refractivity contribution in [3.8, 4) is 0 Å². The van der Waals surface area contributed by atoms with Crippen LogP contribution >= 0.6 is 24.0 Å². The predicted molar refractivity (Wildman–Crippen MR) is 123 cm³/mol. The molecule has 1 aromatic rings. The second-order valence-electron chi connectivity index (χ2n) is 6.93. The number of halogens is 1. The van der Waals surface area contributed by atoms with Crippen molar-refractivity contribution >= 4 is 35.8 Å². The lowest BCUT2D eigenvalue weighted by atomic mass is 10.0. The highest BCUT2D eigenvalue weighted by atomic mass is 127. The Labute approximate surface area is 180 Å². The molecule has 1 saturated heterocycles. The normalized spacial score (nSPS) is 15.9. The molecule has 1 aliphatic heterocycles. The minimum Gasteiger partial charge on any atom is -0.357 e. The van der Waals surface area contributed by atoms with Crippen LogP contribution in [0.25, 0.3) is 0 Å². The van der Waals surface area contributed by atoms with Crippen LogP contribution in [0.4, 0.5) is 0 Å². The number of nitrogens with one attached hydrogen (secondary N) is 3. The number of rotatable bonds is 7. The van der Waals surface area contributed by atoms with Gasteiger partial charge in [-0.05, 0) is 45.7 Å². The molecule has 7 heteroatoms. The van der Waals surface area contributed by atoms with Crippen molar-refractivity contribution in [2.75, 3.05) is 32.7 Å². The highest BCUT2D eigenvalue weighted by molar-refractivity contribution is 14.0. The standard InChI is InChI=1S/C20H33N5O.HI/c1-4-21-20(24-18-10-14-25(15-11-18)16(2)3)23-13-12-22-19(26)17-8-6-5-7-9-17;/h5-9,16,18H,4,10-15H2,1-3H3,(H,22,26)(H2,21,23,24);1H. The van der Waals surface area contributed by atoms with Gasteiger partial charge in [0.1, 0.15) is 0 Å². The number of hydrogen-bond donors (Lipinski definition) is 3. The fourth-order valence-corrected chi connectivity index (χ4v) is 3.10. The highest BCUT2D eigenvalue weighted by Gasteiger charge is 2.21. The molecule has 1 heterocycles. The van der Waals surface area contributed by atoms with E-state index in [4.69, 9.17) is 0 Å². The van der Waals surface area contributed by atoms with Gasteiger partial charge in [0.2, 0.25) is 0 Å². The maximum absolute atomic E-state index is 12.0. The first kappa shape index (κ1) is 23.7. The Bertz CT molecular complexity index is 571. The molecule has 6 nitrogen and oxygen atoms in total. The largest absolute Gasteiger partial charge is 0.357 e. The van der Waals surface area contributed by atoms with Gasteiger partial charge < -0.3 is 20.9 Å². The van der Waals surface area contributed by atoms with Crippen molar-refractivity contribution in [3.05, 3.63) is 35.9 Å². The predicted octanol–water partition coefficient (Wildman–Crippen LogP) is 2.46. The van der Waals surface area contributed by atoms with Gasteiger partial charge in [-0.1, -0.05) is 18.2 Å². The van der Waals surface area contributed by atoms with Crippen molar-refractivity contribution in [1.29, 1.82) is 0 Å². The second kappa shape index (κ2) is 12.9. The summed E-state index contributed by atoms with van der Waals surface area (Å²) in [6.45, 7) is 10.7. The maximum Gasteiger partial charge on any atom is 0.251 e. The lowest BCUT2D eigenvalue weighted by molar-refractivity contribution is 0.0955. The fourth-order valence-electron chi connectivity index (χ4n) is 3.10. The van der Waals surface area contributed by atoms with E-state index in [1.165, 1.54) is 0 Å². The van der Waals surface area contributed by atoms with E-state index >= 15 is 0 Å². The Morgan fingerprint density at radius 2 is 1.85 bits per heavy atom. The average Bonchev–Trinajstić information content (AvgIpc) is 2.66. The van der Waals surface area contributed by atoms with Crippen LogP contribution in [0.3, 0.4) is 0 Å². The fraction of sp³-hybridized carbons (Fsp3) is 0.600. The molecule has 152 valence electrons. The number of likely N-dealkylation sites (tertiary alicyclic amines) is 1. The summed E-state index contributed by atoms with van der Waals surface area (Å²) < 4.78 is 0. The van der Waals surface area contributed by atoms with E-state index in [1.807, 2.05) is 30.3 Å². The van der Waals surface area contributed by atoms with Crippen LogP contribution in [-0.4, -0.2) is 61.6 Å². The van der Waals surface area contributed by atoms with Crippen LogP contribution < -0.4 is 16.0 Å². The van der Waals surface area contributed by atoms with Crippen molar-refractivity contribution in [3.63, 3.8) is 0 Å². The van der Waals surface area contributed by atoms with Gasteiger partial charge in [-0.2, -0.15) is 0 Å². The van der Waals surface area contributed by atoms with E-state index in [0.29, 0.717) is 30.7 Å². The number of hydrogen-bond acceptors (Lipinski definition) is 3. The van der Waals surface area contributed by atoms with Crippen molar-refractivity contribution in [1.82, 2.24) is 20.9 Å². The zero-order chi connectivity index (χ0) is 18.8. The Kier molecular flexibility index (Phi) is 11.3. The van der Waals surface area contributed by atoms with Crippen molar-refractivity contribution < 1.29 is 4.79 Å². The number of benzene rings is 1. The van der Waals surface area contributed by atoms with Gasteiger partial charge in [-0.25, -0.2) is 0 Å². The quantitative estimate of drug-likeness (QED) is 0.239. The van der Waals surface area contributed by atoms with E-state index in [1.54, 1.807) is 0 Å². The van der Waals surface area contributed by atoms with Crippen LogP contribution in [0.5, 0.6) is 0 Å². The number of amides is 1. The van der Waals surface area contributed by atoms with Crippen LogP contribution in [-0.2, 0) is 0 Å². The third-order valence-corrected chi connectivity index (χ3v) is 4.65. The summed E-state index contributed by atoms with van der Waals surface area (Å²) >= 11 is 0. The van der Waals surface area contributed by atoms with Gasteiger partial charge in [0.25, 0.3) is 5.91 Å². The van der Waals surface area contributed by atoms with E-state index in [9.17, 15) is 4.79 Å². The number of nitrogens with zero attached hydrogens (tertiary/aromatic N) is 2. The maximum atomic E-state index is 12.0.